The Kier molecular flexibility index (Phi) is 11.5. The van der Waals surface area contributed by atoms with Crippen molar-refractivity contribution in [2.24, 2.45) is 130 Å². The lowest BCUT2D eigenvalue weighted by molar-refractivity contribution is -0.175. The van der Waals surface area contributed by atoms with Crippen LogP contribution in [0.3, 0.4) is 0 Å². The van der Waals surface area contributed by atoms with Gasteiger partial charge in [-0.05, 0) is 31.1 Å². The van der Waals surface area contributed by atoms with Crippen LogP contribution < -0.4 is 0 Å². The molecular formula is C49H34O30. The molecule has 6 bridgehead atoms. The molecule has 0 N–H and O–H groups in total. The number of carbonyl (C=O) groups excluding carboxylic acids is 20. The number of esters is 20. The first-order valence-corrected chi connectivity index (χ1v) is 24.7. The maximum Gasteiger partial charge on any atom is 0.318 e. The van der Waals surface area contributed by atoms with Crippen LogP contribution in [0.1, 0.15) is 32.1 Å². The monoisotopic (exact) mass is 1100 g/mol. The fraction of sp³-hybridized carbons (Fsp3) is 0.551. The Hall–Kier alpha value is -8.86. The van der Waals surface area contributed by atoms with E-state index >= 15 is 0 Å². The van der Waals surface area contributed by atoms with Crippen molar-refractivity contribution in [3.63, 3.8) is 0 Å². The summed E-state index contributed by atoms with van der Waals surface area (Å²) in [4.78, 5) is 226. The lowest BCUT2D eigenvalue weighted by Crippen LogP contribution is -2.50. The molecule has 0 aromatic carbocycles. The van der Waals surface area contributed by atoms with Crippen molar-refractivity contribution in [2.45, 2.75) is 32.1 Å². The van der Waals surface area contributed by atoms with E-state index < -0.39 is 238 Å². The fourth-order valence-corrected chi connectivity index (χ4v) is 14.8. The van der Waals surface area contributed by atoms with Gasteiger partial charge in [0.1, 0.15) is 0 Å². The zero-order chi connectivity index (χ0) is 56.3. The molecule has 15 fully saturated rings. The first-order chi connectivity index (χ1) is 37.4. The summed E-state index contributed by atoms with van der Waals surface area (Å²) in [5.41, 5.74) is 0. The van der Waals surface area contributed by atoms with Crippen LogP contribution in [0.4, 0.5) is 0 Å². The SMILES string of the molecule is O=C1CC(C2CC(=O)OC2=O)C(=O)O1.O=C1OC(=O)C2C1C1C(=O)OC(=O)C21.O=C1OC(=O)C2C1CC1C(=O)OC(=O)C12.O=C1OC(=O)C2C3C=CC(C12)C1C(=O)OC(=O)C31.O=C1OC(=O)C2CC1C1C3CC(C(=O)OC3=O)C21. The minimum atomic E-state index is -0.846. The minimum absolute atomic E-state index is 0.147. The second-order valence-electron chi connectivity index (χ2n) is 21.4. The number of rotatable bonds is 1. The Labute approximate surface area is 436 Å². The number of ether oxygens (including phenoxy) is 10. The summed E-state index contributed by atoms with van der Waals surface area (Å²) < 4.78 is 44.8. The predicted octanol–water partition coefficient (Wildman–Crippen LogP) is -4.09. The van der Waals surface area contributed by atoms with Crippen molar-refractivity contribution >= 4 is 119 Å². The van der Waals surface area contributed by atoms with E-state index in [2.05, 4.69) is 37.9 Å². The molecule has 0 aromatic rings. The molecule has 0 aromatic heterocycles. The highest BCUT2D eigenvalue weighted by Crippen LogP contribution is 2.61. The van der Waals surface area contributed by atoms with Gasteiger partial charge in [0.2, 0.25) is 0 Å². The normalized spacial score (nSPS) is 43.6. The van der Waals surface area contributed by atoms with E-state index in [4.69, 9.17) is 9.47 Å². The van der Waals surface area contributed by atoms with Crippen LogP contribution in [0, 0.1) is 130 Å². The Bertz CT molecular complexity index is 2810. The summed E-state index contributed by atoms with van der Waals surface area (Å²) >= 11 is 0. The molecule has 10 heterocycles. The minimum Gasteiger partial charge on any atom is -0.393 e. The Morgan fingerprint density at radius 2 is 0.418 bits per heavy atom. The first-order valence-electron chi connectivity index (χ1n) is 24.7. The molecule has 10 saturated heterocycles. The number of carbonyl (C=O) groups is 20. The van der Waals surface area contributed by atoms with Gasteiger partial charge in [0, 0.05) is 11.8 Å². The molecule has 17 aliphatic rings. The third-order valence-corrected chi connectivity index (χ3v) is 18.1. The molecule has 79 heavy (non-hydrogen) atoms. The molecule has 14 atom stereocenters. The second-order valence-corrected chi connectivity index (χ2v) is 21.4. The summed E-state index contributed by atoms with van der Waals surface area (Å²) in [7, 11) is 0. The summed E-state index contributed by atoms with van der Waals surface area (Å²) in [5.74, 6) is -26.2. The summed E-state index contributed by atoms with van der Waals surface area (Å²) in [6.45, 7) is 0. The zero-order valence-electron chi connectivity index (χ0n) is 39.6. The molecule has 7 aliphatic carbocycles. The van der Waals surface area contributed by atoms with Gasteiger partial charge in [-0.3, -0.25) is 95.9 Å². The molecule has 5 saturated carbocycles. The van der Waals surface area contributed by atoms with E-state index in [0.29, 0.717) is 12.8 Å². The number of hydrogen-bond acceptors (Lipinski definition) is 30. The van der Waals surface area contributed by atoms with Gasteiger partial charge in [-0.2, -0.15) is 0 Å². The number of cyclic esters (lactones) is 20. The van der Waals surface area contributed by atoms with Gasteiger partial charge in [0.25, 0.3) is 0 Å². The van der Waals surface area contributed by atoms with Crippen LogP contribution in [0.5, 0.6) is 0 Å². The largest absolute Gasteiger partial charge is 0.393 e. The Morgan fingerprint density at radius 3 is 0.684 bits per heavy atom. The average Bonchev–Trinajstić information content (AvgIpc) is 4.47. The molecule has 0 spiro atoms. The maximum absolute atomic E-state index is 11.7. The molecule has 10 aliphatic heterocycles. The quantitative estimate of drug-likeness (QED) is 0.0792. The molecule has 14 unspecified atom stereocenters. The molecular weight excluding hydrogens is 1070 g/mol. The molecule has 17 rings (SSSR count). The van der Waals surface area contributed by atoms with Crippen molar-refractivity contribution in [1.29, 1.82) is 0 Å². The number of allylic oxidation sites excluding steroid dienone is 2. The van der Waals surface area contributed by atoms with Crippen molar-refractivity contribution in [3.05, 3.63) is 12.2 Å². The highest BCUT2D eigenvalue weighted by Gasteiger charge is 2.73. The van der Waals surface area contributed by atoms with Crippen LogP contribution in [0.25, 0.3) is 0 Å². The third-order valence-electron chi connectivity index (χ3n) is 18.1. The van der Waals surface area contributed by atoms with Crippen LogP contribution in [0.15, 0.2) is 12.2 Å². The van der Waals surface area contributed by atoms with Gasteiger partial charge in [-0.1, -0.05) is 12.2 Å². The topological polar surface area (TPSA) is 434 Å². The third kappa shape index (κ3) is 7.48. The Balaban J connectivity index is 0.0000000991. The van der Waals surface area contributed by atoms with E-state index in [1.807, 2.05) is 0 Å². The van der Waals surface area contributed by atoms with Crippen molar-refractivity contribution in [2.75, 3.05) is 0 Å². The van der Waals surface area contributed by atoms with Crippen molar-refractivity contribution < 1.29 is 143 Å². The van der Waals surface area contributed by atoms with Gasteiger partial charge < -0.3 is 47.4 Å². The van der Waals surface area contributed by atoms with E-state index in [9.17, 15) is 95.9 Å². The van der Waals surface area contributed by atoms with Gasteiger partial charge in [-0.25, -0.2) is 0 Å². The van der Waals surface area contributed by atoms with Crippen molar-refractivity contribution in [1.82, 2.24) is 0 Å². The van der Waals surface area contributed by atoms with Crippen LogP contribution in [-0.4, -0.2) is 119 Å². The van der Waals surface area contributed by atoms with Crippen LogP contribution in [0.2, 0.25) is 0 Å². The molecule has 30 nitrogen and oxygen atoms in total. The van der Waals surface area contributed by atoms with Crippen LogP contribution in [-0.2, 0) is 143 Å². The summed E-state index contributed by atoms with van der Waals surface area (Å²) in [6.07, 6.45) is 4.21. The zero-order valence-corrected chi connectivity index (χ0v) is 39.6. The summed E-state index contributed by atoms with van der Waals surface area (Å²) in [5, 5.41) is 0. The van der Waals surface area contributed by atoms with E-state index in [-0.39, 0.29) is 31.1 Å². The number of hydrogen-bond donors (Lipinski definition) is 0. The fourth-order valence-electron chi connectivity index (χ4n) is 14.8. The van der Waals surface area contributed by atoms with Gasteiger partial charge in [0.05, 0.1) is 119 Å². The van der Waals surface area contributed by atoms with E-state index in [1.165, 1.54) is 0 Å². The lowest BCUT2D eigenvalue weighted by atomic mass is 9.54. The van der Waals surface area contributed by atoms with Gasteiger partial charge in [-0.15, -0.1) is 0 Å². The molecule has 30 heteroatoms. The maximum atomic E-state index is 11.7. The standard InChI is InChI=1S/C12H10O6.C12H8O6.C9H6O6.C8H4O6.C8H6O6/c13-9-3-1-4(10(14)17-9)8-6-2-5(7(3)8)11(15)18-12(6)16;13-9-5-3-1-2-4(7(5)11(15)17-9)8-6(3)10(14)18-12(8)16;10-6-2-1-3-5(4(2)8(12)14-6)9(13)15-7(3)11;9-5-1-2(6(10)13-5)4-3(1)7(11)14-8(4)12;9-5-1-3(7(11)13-5)4-2-6(10)14-8(4)12/h3-8H,1-2H2;1-8H;2-5H,1H2;1-4H;3-4H,1-2H2. The smallest absolute Gasteiger partial charge is 0.318 e. The number of fused-ring (bicyclic) bond motifs is 16. The second kappa shape index (κ2) is 17.8. The van der Waals surface area contributed by atoms with Gasteiger partial charge in [0.15, 0.2) is 0 Å². The lowest BCUT2D eigenvalue weighted by Gasteiger charge is -2.42. The van der Waals surface area contributed by atoms with Crippen molar-refractivity contribution in [3.8, 4) is 0 Å². The highest BCUT2D eigenvalue weighted by atomic mass is 16.6. The molecule has 410 valence electrons. The summed E-state index contributed by atoms with van der Waals surface area (Å²) in [6, 6.07) is 0. The highest BCUT2D eigenvalue weighted by molar-refractivity contribution is 6.11. The molecule has 0 radical (unpaired) electrons. The van der Waals surface area contributed by atoms with E-state index in [1.54, 1.807) is 12.2 Å². The van der Waals surface area contributed by atoms with Crippen LogP contribution >= 0.6 is 0 Å². The van der Waals surface area contributed by atoms with Gasteiger partial charge >= 0.3 is 119 Å². The first kappa shape index (κ1) is 50.9. The molecule has 0 amide bonds. The van der Waals surface area contributed by atoms with E-state index in [0.717, 1.165) is 0 Å². The average molecular weight is 1100 g/mol. The predicted molar refractivity (Wildman–Crippen MR) is 220 cm³/mol. The Morgan fingerprint density at radius 1 is 0.215 bits per heavy atom.